The van der Waals surface area contributed by atoms with E-state index in [0.29, 0.717) is 26.1 Å². The first-order valence-electron chi connectivity index (χ1n) is 5.42. The molecule has 15 heavy (non-hydrogen) atoms. The largest absolute Gasteiger partial charge is 0.379 e. The van der Waals surface area contributed by atoms with E-state index in [1.54, 1.807) is 4.90 Å². The second-order valence-corrected chi connectivity index (χ2v) is 4.11. The van der Waals surface area contributed by atoms with Gasteiger partial charge < -0.3 is 9.64 Å². The lowest BCUT2D eigenvalue weighted by molar-refractivity contribution is -0.121. The number of ether oxygens (including phenoxy) is 1. The van der Waals surface area contributed by atoms with Crippen LogP contribution in [0.25, 0.3) is 0 Å². The minimum atomic E-state index is -0.290. The molecular weight excluding hydrogens is 196 g/mol. The summed E-state index contributed by atoms with van der Waals surface area (Å²) in [5.74, 6) is 0.567. The average Bonchev–Trinajstić information content (AvgIpc) is 2.99. The van der Waals surface area contributed by atoms with E-state index in [1.165, 1.54) is 12.8 Å². The second kappa shape index (κ2) is 4.61. The summed E-state index contributed by atoms with van der Waals surface area (Å²) in [6, 6.07) is -0.290. The summed E-state index contributed by atoms with van der Waals surface area (Å²) in [6.45, 7) is 2.47. The maximum Gasteiger partial charge on any atom is 0.324 e. The molecule has 1 saturated heterocycles. The quantitative estimate of drug-likeness (QED) is 0.669. The number of imide groups is 1. The fourth-order valence-corrected chi connectivity index (χ4v) is 1.52. The van der Waals surface area contributed by atoms with Crippen molar-refractivity contribution in [2.45, 2.75) is 19.3 Å². The van der Waals surface area contributed by atoms with E-state index in [1.807, 2.05) is 0 Å². The van der Waals surface area contributed by atoms with Crippen LogP contribution in [-0.4, -0.2) is 43.1 Å². The summed E-state index contributed by atoms with van der Waals surface area (Å²) >= 11 is 0. The molecule has 1 N–H and O–H groups in total. The summed E-state index contributed by atoms with van der Waals surface area (Å²) in [6.07, 6.45) is 2.95. The van der Waals surface area contributed by atoms with Crippen molar-refractivity contribution in [2.24, 2.45) is 5.92 Å². The van der Waals surface area contributed by atoms with Crippen molar-refractivity contribution in [1.82, 2.24) is 10.2 Å². The molecule has 0 radical (unpaired) electrons. The Morgan fingerprint density at radius 3 is 2.87 bits per heavy atom. The Hall–Kier alpha value is -1.10. The van der Waals surface area contributed by atoms with E-state index in [2.05, 4.69) is 5.32 Å². The second-order valence-electron chi connectivity index (χ2n) is 4.11. The summed E-state index contributed by atoms with van der Waals surface area (Å²) in [7, 11) is 0. The van der Waals surface area contributed by atoms with Gasteiger partial charge in [-0.15, -0.1) is 0 Å². The molecule has 1 aliphatic carbocycles. The van der Waals surface area contributed by atoms with Crippen LogP contribution in [0.3, 0.4) is 0 Å². The third-order valence-electron chi connectivity index (χ3n) is 2.70. The number of nitrogens with zero attached hydrogens (tertiary/aromatic N) is 1. The van der Waals surface area contributed by atoms with Gasteiger partial charge in [0, 0.05) is 26.1 Å². The number of carbonyl (C=O) groups excluding carboxylic acids is 2. The van der Waals surface area contributed by atoms with Crippen molar-refractivity contribution in [1.29, 1.82) is 0 Å². The van der Waals surface area contributed by atoms with Crippen LogP contribution in [0, 0.1) is 5.92 Å². The van der Waals surface area contributed by atoms with Crippen LogP contribution in [-0.2, 0) is 9.53 Å². The predicted molar refractivity (Wildman–Crippen MR) is 53.3 cm³/mol. The van der Waals surface area contributed by atoms with Crippen LogP contribution in [0.2, 0.25) is 0 Å². The van der Waals surface area contributed by atoms with Crippen molar-refractivity contribution < 1.29 is 14.3 Å². The van der Waals surface area contributed by atoms with Gasteiger partial charge in [0.15, 0.2) is 0 Å². The molecule has 1 saturated carbocycles. The molecule has 1 heterocycles. The highest BCUT2D eigenvalue weighted by Crippen LogP contribution is 2.28. The van der Waals surface area contributed by atoms with E-state index < -0.39 is 0 Å². The molecule has 0 atom stereocenters. The first-order chi connectivity index (χ1) is 7.25. The molecule has 2 aliphatic rings. The Morgan fingerprint density at radius 2 is 2.20 bits per heavy atom. The molecule has 0 bridgehead atoms. The molecule has 2 fully saturated rings. The standard InChI is InChI=1S/C10H16N2O3/c13-9-3-4-12(10(14)11-9)5-6-15-7-8-1-2-8/h8H,1-7H2,(H,11,13,14). The molecule has 3 amide bonds. The van der Waals surface area contributed by atoms with Gasteiger partial charge in [-0.1, -0.05) is 0 Å². The number of carbonyl (C=O) groups is 2. The SMILES string of the molecule is O=C1CCN(CCOCC2CC2)C(=O)N1. The Kier molecular flexibility index (Phi) is 3.20. The lowest BCUT2D eigenvalue weighted by Gasteiger charge is -2.26. The highest BCUT2D eigenvalue weighted by Gasteiger charge is 2.23. The number of hydrogen-bond donors (Lipinski definition) is 1. The minimum Gasteiger partial charge on any atom is -0.379 e. The Morgan fingerprint density at radius 1 is 1.40 bits per heavy atom. The molecule has 5 nitrogen and oxygen atoms in total. The first kappa shape index (κ1) is 10.4. The maximum absolute atomic E-state index is 11.3. The van der Waals surface area contributed by atoms with Crippen LogP contribution in [0.4, 0.5) is 4.79 Å². The van der Waals surface area contributed by atoms with Gasteiger partial charge in [-0.25, -0.2) is 4.79 Å². The first-order valence-corrected chi connectivity index (χ1v) is 5.42. The van der Waals surface area contributed by atoms with Gasteiger partial charge in [0.2, 0.25) is 5.91 Å². The number of urea groups is 1. The Balaban J connectivity index is 1.60. The molecule has 0 aromatic rings. The summed E-state index contributed by atoms with van der Waals surface area (Å²) in [4.78, 5) is 23.8. The van der Waals surface area contributed by atoms with Gasteiger partial charge in [-0.05, 0) is 18.8 Å². The van der Waals surface area contributed by atoms with Crippen LogP contribution >= 0.6 is 0 Å². The van der Waals surface area contributed by atoms with Gasteiger partial charge in [-0.2, -0.15) is 0 Å². The highest BCUT2D eigenvalue weighted by atomic mass is 16.5. The zero-order valence-electron chi connectivity index (χ0n) is 8.70. The molecular formula is C10H16N2O3. The fraction of sp³-hybridized carbons (Fsp3) is 0.800. The smallest absolute Gasteiger partial charge is 0.324 e. The molecule has 2 rings (SSSR count). The normalized spacial score (nSPS) is 21.7. The van der Waals surface area contributed by atoms with E-state index in [9.17, 15) is 9.59 Å². The zero-order chi connectivity index (χ0) is 10.7. The summed E-state index contributed by atoms with van der Waals surface area (Å²) in [5.41, 5.74) is 0. The lowest BCUT2D eigenvalue weighted by Crippen LogP contribution is -2.50. The van der Waals surface area contributed by atoms with Gasteiger partial charge in [0.05, 0.1) is 6.61 Å². The predicted octanol–water partition coefficient (Wildman–Crippen LogP) is 0.355. The van der Waals surface area contributed by atoms with Crippen molar-refractivity contribution in [3.8, 4) is 0 Å². The van der Waals surface area contributed by atoms with Crippen LogP contribution in [0.5, 0.6) is 0 Å². The van der Waals surface area contributed by atoms with Crippen molar-refractivity contribution in [2.75, 3.05) is 26.3 Å². The molecule has 0 spiro atoms. The lowest BCUT2D eigenvalue weighted by atomic mass is 10.3. The number of rotatable bonds is 5. The summed E-state index contributed by atoms with van der Waals surface area (Å²) in [5, 5.41) is 2.28. The van der Waals surface area contributed by atoms with Crippen LogP contribution in [0.15, 0.2) is 0 Å². The molecule has 5 heteroatoms. The van der Waals surface area contributed by atoms with Crippen LogP contribution in [0.1, 0.15) is 19.3 Å². The third kappa shape index (κ3) is 3.20. The van der Waals surface area contributed by atoms with E-state index in [-0.39, 0.29) is 11.9 Å². The molecule has 0 aromatic carbocycles. The van der Waals surface area contributed by atoms with Gasteiger partial charge in [0.25, 0.3) is 0 Å². The van der Waals surface area contributed by atoms with Gasteiger partial charge >= 0.3 is 6.03 Å². The van der Waals surface area contributed by atoms with E-state index in [4.69, 9.17) is 4.74 Å². The van der Waals surface area contributed by atoms with Crippen molar-refractivity contribution in [3.05, 3.63) is 0 Å². The topological polar surface area (TPSA) is 58.6 Å². The molecule has 0 aromatic heterocycles. The maximum atomic E-state index is 11.3. The van der Waals surface area contributed by atoms with E-state index >= 15 is 0 Å². The van der Waals surface area contributed by atoms with Crippen molar-refractivity contribution >= 4 is 11.9 Å². The monoisotopic (exact) mass is 212 g/mol. The van der Waals surface area contributed by atoms with Gasteiger partial charge in [-0.3, -0.25) is 10.1 Å². The third-order valence-corrected chi connectivity index (χ3v) is 2.70. The number of amides is 3. The minimum absolute atomic E-state index is 0.185. The number of nitrogens with one attached hydrogen (secondary N) is 1. The Labute approximate surface area is 88.8 Å². The van der Waals surface area contributed by atoms with E-state index in [0.717, 1.165) is 12.5 Å². The Bertz CT molecular complexity index is 263. The van der Waals surface area contributed by atoms with Crippen molar-refractivity contribution in [3.63, 3.8) is 0 Å². The number of hydrogen-bond acceptors (Lipinski definition) is 3. The molecule has 84 valence electrons. The average molecular weight is 212 g/mol. The highest BCUT2D eigenvalue weighted by molar-refractivity contribution is 5.96. The van der Waals surface area contributed by atoms with Crippen LogP contribution < -0.4 is 5.32 Å². The zero-order valence-corrected chi connectivity index (χ0v) is 8.70. The fourth-order valence-electron chi connectivity index (χ4n) is 1.52. The van der Waals surface area contributed by atoms with Gasteiger partial charge in [0.1, 0.15) is 0 Å². The summed E-state index contributed by atoms with van der Waals surface area (Å²) < 4.78 is 5.43. The molecule has 0 unspecified atom stereocenters. The molecule has 1 aliphatic heterocycles.